The molecule has 1 aromatic carbocycles. The molecule has 1 aromatic rings. The number of nitrogens with zero attached hydrogens (tertiary/aromatic N) is 2. The summed E-state index contributed by atoms with van der Waals surface area (Å²) in [6.07, 6.45) is 6.09. The second kappa shape index (κ2) is 8.67. The summed E-state index contributed by atoms with van der Waals surface area (Å²) in [7, 11) is 3.80. The van der Waals surface area contributed by atoms with E-state index in [1.54, 1.807) is 4.90 Å². The Bertz CT molecular complexity index is 684. The SMILES string of the molecule is CCC(C)(Cc1ccc(C(=O)N(C)C(C)(C)C)cc1)N(C)C(=O)C1CCCC1. The van der Waals surface area contributed by atoms with Crippen molar-refractivity contribution in [1.29, 1.82) is 0 Å². The summed E-state index contributed by atoms with van der Waals surface area (Å²) in [5, 5.41) is 0. The lowest BCUT2D eigenvalue weighted by molar-refractivity contribution is -0.139. The van der Waals surface area contributed by atoms with Crippen molar-refractivity contribution in [2.24, 2.45) is 5.92 Å². The van der Waals surface area contributed by atoms with Crippen LogP contribution in [-0.4, -0.2) is 46.8 Å². The highest BCUT2D eigenvalue weighted by Crippen LogP contribution is 2.31. The van der Waals surface area contributed by atoms with Crippen LogP contribution in [0.15, 0.2) is 24.3 Å². The zero-order chi connectivity index (χ0) is 21.1. The van der Waals surface area contributed by atoms with E-state index in [4.69, 9.17) is 0 Å². The Morgan fingerprint density at radius 2 is 1.50 bits per heavy atom. The van der Waals surface area contributed by atoms with Gasteiger partial charge in [-0.15, -0.1) is 0 Å². The van der Waals surface area contributed by atoms with Crippen LogP contribution in [0, 0.1) is 5.92 Å². The molecular formula is C24H38N2O2. The van der Waals surface area contributed by atoms with Gasteiger partial charge in [-0.05, 0) is 71.1 Å². The molecule has 0 saturated heterocycles. The fraction of sp³-hybridized carbons (Fsp3) is 0.667. The molecule has 1 fully saturated rings. The summed E-state index contributed by atoms with van der Waals surface area (Å²) in [5.41, 5.74) is 1.44. The third-order valence-corrected chi connectivity index (χ3v) is 6.70. The van der Waals surface area contributed by atoms with Crippen LogP contribution in [-0.2, 0) is 11.2 Å². The van der Waals surface area contributed by atoms with E-state index in [0.29, 0.717) is 11.5 Å². The zero-order valence-electron chi connectivity index (χ0n) is 18.8. The van der Waals surface area contributed by atoms with Gasteiger partial charge in [0, 0.05) is 36.7 Å². The Labute approximate surface area is 171 Å². The second-order valence-corrected chi connectivity index (χ2v) is 9.64. The van der Waals surface area contributed by atoms with E-state index in [1.165, 1.54) is 12.8 Å². The first kappa shape index (κ1) is 22.4. The molecule has 1 aliphatic rings. The molecule has 28 heavy (non-hydrogen) atoms. The van der Waals surface area contributed by atoms with Gasteiger partial charge >= 0.3 is 0 Å². The fourth-order valence-electron chi connectivity index (χ4n) is 3.90. The molecule has 0 aliphatic heterocycles. The van der Waals surface area contributed by atoms with Crippen LogP contribution in [0.2, 0.25) is 0 Å². The molecule has 0 spiro atoms. The highest BCUT2D eigenvalue weighted by atomic mass is 16.2. The first-order valence-corrected chi connectivity index (χ1v) is 10.6. The molecule has 2 rings (SSSR count). The maximum absolute atomic E-state index is 12.9. The molecule has 0 heterocycles. The van der Waals surface area contributed by atoms with E-state index in [-0.39, 0.29) is 22.9 Å². The van der Waals surface area contributed by atoms with Crippen molar-refractivity contribution in [2.45, 2.75) is 84.2 Å². The maximum atomic E-state index is 12.9. The molecule has 1 saturated carbocycles. The zero-order valence-corrected chi connectivity index (χ0v) is 18.8. The van der Waals surface area contributed by atoms with Gasteiger partial charge in [-0.2, -0.15) is 0 Å². The Hall–Kier alpha value is -1.84. The number of carbonyl (C=O) groups excluding carboxylic acids is 2. The standard InChI is InChI=1S/C24H38N2O2/c1-8-24(5,26(7)22(28)19-11-9-10-12-19)17-18-13-15-20(16-14-18)21(27)25(6)23(2,3)4/h13-16,19H,8-12,17H2,1-7H3. The van der Waals surface area contributed by atoms with Crippen molar-refractivity contribution in [3.8, 4) is 0 Å². The van der Waals surface area contributed by atoms with E-state index in [1.807, 2.05) is 64.0 Å². The number of rotatable bonds is 6. The Balaban J connectivity index is 2.12. The third-order valence-electron chi connectivity index (χ3n) is 6.70. The number of hydrogen-bond acceptors (Lipinski definition) is 2. The molecular weight excluding hydrogens is 348 g/mol. The van der Waals surface area contributed by atoms with E-state index >= 15 is 0 Å². The smallest absolute Gasteiger partial charge is 0.254 e. The van der Waals surface area contributed by atoms with Gasteiger partial charge in [-0.3, -0.25) is 9.59 Å². The molecule has 0 N–H and O–H groups in total. The Morgan fingerprint density at radius 1 is 0.964 bits per heavy atom. The van der Waals surface area contributed by atoms with Gasteiger partial charge in [0.15, 0.2) is 0 Å². The van der Waals surface area contributed by atoms with Crippen molar-refractivity contribution >= 4 is 11.8 Å². The molecule has 1 unspecified atom stereocenters. The van der Waals surface area contributed by atoms with Crippen LogP contribution in [0.5, 0.6) is 0 Å². The lowest BCUT2D eigenvalue weighted by atomic mass is 9.87. The quantitative estimate of drug-likeness (QED) is 0.696. The predicted molar refractivity (Wildman–Crippen MR) is 115 cm³/mol. The van der Waals surface area contributed by atoms with Gasteiger partial charge in [0.25, 0.3) is 5.91 Å². The summed E-state index contributed by atoms with van der Waals surface area (Å²) in [6, 6.07) is 7.89. The normalized spacial score (nSPS) is 17.2. The van der Waals surface area contributed by atoms with Gasteiger partial charge in [0.1, 0.15) is 0 Å². The largest absolute Gasteiger partial charge is 0.340 e. The summed E-state index contributed by atoms with van der Waals surface area (Å²) >= 11 is 0. The Morgan fingerprint density at radius 3 is 1.96 bits per heavy atom. The van der Waals surface area contributed by atoms with Crippen molar-refractivity contribution < 1.29 is 9.59 Å². The monoisotopic (exact) mass is 386 g/mol. The van der Waals surface area contributed by atoms with E-state index in [2.05, 4.69) is 13.8 Å². The topological polar surface area (TPSA) is 40.6 Å². The van der Waals surface area contributed by atoms with Crippen molar-refractivity contribution in [3.05, 3.63) is 35.4 Å². The maximum Gasteiger partial charge on any atom is 0.254 e. The summed E-state index contributed by atoms with van der Waals surface area (Å²) in [4.78, 5) is 29.3. The number of amides is 2. The Kier molecular flexibility index (Phi) is 6.95. The molecule has 1 aliphatic carbocycles. The summed E-state index contributed by atoms with van der Waals surface area (Å²) in [6.45, 7) is 10.4. The highest BCUT2D eigenvalue weighted by molar-refractivity contribution is 5.94. The van der Waals surface area contributed by atoms with Crippen LogP contribution >= 0.6 is 0 Å². The predicted octanol–water partition coefficient (Wildman–Crippen LogP) is 4.92. The van der Waals surface area contributed by atoms with E-state index in [0.717, 1.165) is 31.2 Å². The summed E-state index contributed by atoms with van der Waals surface area (Å²) in [5.74, 6) is 0.523. The van der Waals surface area contributed by atoms with Crippen LogP contribution in [0.4, 0.5) is 0 Å². The number of carbonyl (C=O) groups is 2. The van der Waals surface area contributed by atoms with Gasteiger partial charge in [0.2, 0.25) is 5.91 Å². The minimum atomic E-state index is -0.215. The molecule has 2 amide bonds. The van der Waals surface area contributed by atoms with Gasteiger partial charge in [-0.1, -0.05) is 31.9 Å². The first-order chi connectivity index (χ1) is 13.0. The second-order valence-electron chi connectivity index (χ2n) is 9.64. The molecule has 0 radical (unpaired) electrons. The molecule has 0 bridgehead atoms. The summed E-state index contributed by atoms with van der Waals surface area (Å²) < 4.78 is 0. The molecule has 1 atom stereocenters. The average molecular weight is 387 g/mol. The van der Waals surface area contributed by atoms with Crippen LogP contribution < -0.4 is 0 Å². The van der Waals surface area contributed by atoms with Gasteiger partial charge < -0.3 is 9.80 Å². The lowest BCUT2D eigenvalue weighted by Crippen LogP contribution is -2.50. The first-order valence-electron chi connectivity index (χ1n) is 10.6. The van der Waals surface area contributed by atoms with Crippen LogP contribution in [0.3, 0.4) is 0 Å². The minimum Gasteiger partial charge on any atom is -0.340 e. The van der Waals surface area contributed by atoms with Crippen molar-refractivity contribution in [1.82, 2.24) is 9.80 Å². The van der Waals surface area contributed by atoms with E-state index in [9.17, 15) is 9.59 Å². The van der Waals surface area contributed by atoms with Crippen molar-refractivity contribution in [3.63, 3.8) is 0 Å². The lowest BCUT2D eigenvalue weighted by Gasteiger charge is -2.40. The highest BCUT2D eigenvalue weighted by Gasteiger charge is 2.35. The van der Waals surface area contributed by atoms with Crippen LogP contribution in [0.25, 0.3) is 0 Å². The minimum absolute atomic E-state index is 0.0332. The number of benzene rings is 1. The van der Waals surface area contributed by atoms with Crippen LogP contribution in [0.1, 0.15) is 82.6 Å². The molecule has 156 valence electrons. The van der Waals surface area contributed by atoms with E-state index < -0.39 is 0 Å². The molecule has 0 aromatic heterocycles. The van der Waals surface area contributed by atoms with Gasteiger partial charge in [0.05, 0.1) is 0 Å². The molecule has 4 heteroatoms. The van der Waals surface area contributed by atoms with Gasteiger partial charge in [-0.25, -0.2) is 0 Å². The number of hydrogen-bond donors (Lipinski definition) is 0. The number of likely N-dealkylation sites (N-methyl/N-ethyl adjacent to an activating group) is 1. The fourth-order valence-corrected chi connectivity index (χ4v) is 3.90. The third kappa shape index (κ3) is 4.95. The molecule has 4 nitrogen and oxygen atoms in total. The average Bonchev–Trinajstić information content (AvgIpc) is 3.20. The van der Waals surface area contributed by atoms with Crippen molar-refractivity contribution in [2.75, 3.05) is 14.1 Å².